The summed E-state index contributed by atoms with van der Waals surface area (Å²) in [5.41, 5.74) is 13.5. The first-order chi connectivity index (χ1) is 9.52. The van der Waals surface area contributed by atoms with E-state index in [0.717, 1.165) is 12.8 Å². The molecule has 0 saturated heterocycles. The van der Waals surface area contributed by atoms with E-state index in [1.54, 1.807) is 7.05 Å². The topological polar surface area (TPSA) is 120 Å². The predicted molar refractivity (Wildman–Crippen MR) is 85.9 cm³/mol. The molecule has 0 bridgehead atoms. The summed E-state index contributed by atoms with van der Waals surface area (Å²) in [5.74, 6) is 0.283. The third-order valence-corrected chi connectivity index (χ3v) is 3.40. The molecule has 21 heavy (non-hydrogen) atoms. The Hall–Kier alpha value is -1.16. The first-order valence-electron chi connectivity index (χ1n) is 7.36. The summed E-state index contributed by atoms with van der Waals surface area (Å²) in [5, 5.41) is 18.6. The van der Waals surface area contributed by atoms with Crippen molar-refractivity contribution in [1.29, 1.82) is 5.26 Å². The molecule has 122 valence electrons. The zero-order valence-corrected chi connectivity index (χ0v) is 14.0. The van der Waals surface area contributed by atoms with Crippen molar-refractivity contribution >= 4 is 5.84 Å². The van der Waals surface area contributed by atoms with Crippen LogP contribution in [0, 0.1) is 23.2 Å². The minimum Gasteiger partial charge on any atom is -0.326 e. The Morgan fingerprint density at radius 1 is 1.29 bits per heavy atom. The van der Waals surface area contributed by atoms with E-state index in [9.17, 15) is 10.5 Å². The van der Waals surface area contributed by atoms with Gasteiger partial charge in [0.25, 0.3) is 0 Å². The van der Waals surface area contributed by atoms with Crippen LogP contribution in [0.15, 0.2) is 4.99 Å². The van der Waals surface area contributed by atoms with Crippen molar-refractivity contribution in [1.82, 2.24) is 5.48 Å². The first-order valence-corrected chi connectivity index (χ1v) is 7.36. The van der Waals surface area contributed by atoms with Gasteiger partial charge >= 0.3 is 0 Å². The maximum atomic E-state index is 9.34. The average Bonchev–Trinajstić information content (AvgIpc) is 2.33. The number of hydroxylamine groups is 1. The summed E-state index contributed by atoms with van der Waals surface area (Å²) in [7, 11) is 1.62. The molecule has 2 atom stereocenters. The molecule has 0 aliphatic carbocycles. The van der Waals surface area contributed by atoms with Crippen LogP contribution >= 0.6 is 0 Å². The third kappa shape index (κ3) is 9.40. The van der Waals surface area contributed by atoms with Gasteiger partial charge in [-0.05, 0) is 53.4 Å². The van der Waals surface area contributed by atoms with Gasteiger partial charge in [0.1, 0.15) is 5.84 Å². The molecule has 6 N–H and O–H groups in total. The number of rotatable bonds is 8. The Bertz CT molecular complexity index is 373. The highest BCUT2D eigenvalue weighted by Crippen LogP contribution is 2.26. The van der Waals surface area contributed by atoms with E-state index in [1.807, 2.05) is 27.7 Å². The third-order valence-electron chi connectivity index (χ3n) is 3.40. The van der Waals surface area contributed by atoms with Gasteiger partial charge in [0, 0.05) is 30.0 Å². The fraction of sp³-hybridized carbons (Fsp3) is 0.867. The first kappa shape index (κ1) is 19.8. The minimum absolute atomic E-state index is 0.0326. The van der Waals surface area contributed by atoms with Crippen molar-refractivity contribution in [3.8, 4) is 6.07 Å². The van der Waals surface area contributed by atoms with Gasteiger partial charge in [0.05, 0.1) is 6.07 Å². The molecule has 0 radical (unpaired) electrons. The molecular weight excluding hydrogens is 266 g/mol. The van der Waals surface area contributed by atoms with E-state index < -0.39 is 5.54 Å². The van der Waals surface area contributed by atoms with Crippen LogP contribution in [0.25, 0.3) is 0 Å². The number of nitrogens with one attached hydrogen (secondary N) is 1. The van der Waals surface area contributed by atoms with E-state index in [4.69, 9.17) is 11.5 Å². The maximum absolute atomic E-state index is 9.34. The number of nitrogens with two attached hydrogens (primary N) is 2. The second-order valence-electron chi connectivity index (χ2n) is 7.20. The maximum Gasteiger partial charge on any atom is 0.123 e. The molecule has 0 heterocycles. The quantitative estimate of drug-likeness (QED) is 0.309. The molecule has 0 aromatic carbocycles. The molecule has 0 aliphatic rings. The summed E-state index contributed by atoms with van der Waals surface area (Å²) in [4.78, 5) is 4.07. The lowest BCUT2D eigenvalue weighted by atomic mass is 9.82. The smallest absolute Gasteiger partial charge is 0.123 e. The fourth-order valence-electron chi connectivity index (χ4n) is 2.40. The van der Waals surface area contributed by atoms with Gasteiger partial charge in [-0.15, -0.1) is 0 Å². The van der Waals surface area contributed by atoms with Crippen molar-refractivity contribution in [2.24, 2.45) is 28.3 Å². The van der Waals surface area contributed by atoms with Gasteiger partial charge in [-0.25, -0.2) is 0 Å². The van der Waals surface area contributed by atoms with Gasteiger partial charge in [0.15, 0.2) is 0 Å². The number of nitrogens with zero attached hydrogens (tertiary/aromatic N) is 2. The Morgan fingerprint density at radius 3 is 2.19 bits per heavy atom. The van der Waals surface area contributed by atoms with E-state index in [2.05, 4.69) is 16.5 Å². The van der Waals surface area contributed by atoms with Gasteiger partial charge < -0.3 is 11.5 Å². The SMILES string of the molecule is CN=C(NO)C(CCC(C)(C)N)CC(C#N)CC(C)(C)N. The molecule has 0 spiro atoms. The predicted octanol–water partition coefficient (Wildman–Crippen LogP) is 1.78. The highest BCUT2D eigenvalue weighted by atomic mass is 16.5. The molecule has 0 aliphatic heterocycles. The van der Waals surface area contributed by atoms with Crippen LogP contribution < -0.4 is 16.9 Å². The summed E-state index contributed by atoms with van der Waals surface area (Å²) >= 11 is 0. The van der Waals surface area contributed by atoms with E-state index in [0.29, 0.717) is 18.7 Å². The molecular formula is C15H31N5O. The van der Waals surface area contributed by atoms with Crippen LogP contribution in [0.5, 0.6) is 0 Å². The van der Waals surface area contributed by atoms with Crippen LogP contribution in [0.4, 0.5) is 0 Å². The summed E-state index contributed by atoms with van der Waals surface area (Å²) in [6, 6.07) is 2.31. The highest BCUT2D eigenvalue weighted by molar-refractivity contribution is 5.83. The minimum atomic E-state index is -0.395. The molecule has 0 rings (SSSR count). The molecule has 6 nitrogen and oxygen atoms in total. The van der Waals surface area contributed by atoms with E-state index in [-0.39, 0.29) is 17.4 Å². The van der Waals surface area contributed by atoms with Crippen LogP contribution in [-0.2, 0) is 0 Å². The van der Waals surface area contributed by atoms with Crippen molar-refractivity contribution in [2.75, 3.05) is 7.05 Å². The number of nitriles is 1. The second-order valence-corrected chi connectivity index (χ2v) is 7.20. The zero-order chi connectivity index (χ0) is 16.7. The number of hydrogen-bond acceptors (Lipinski definition) is 5. The number of amidine groups is 1. The van der Waals surface area contributed by atoms with Gasteiger partial charge in [0.2, 0.25) is 0 Å². The summed E-state index contributed by atoms with van der Waals surface area (Å²) < 4.78 is 0. The van der Waals surface area contributed by atoms with Crippen molar-refractivity contribution in [3.05, 3.63) is 0 Å². The largest absolute Gasteiger partial charge is 0.326 e. The summed E-state index contributed by atoms with van der Waals surface area (Å²) in [6.07, 6.45) is 2.75. The fourth-order valence-corrected chi connectivity index (χ4v) is 2.40. The Kier molecular flexibility index (Phi) is 7.86. The van der Waals surface area contributed by atoms with Gasteiger partial charge in [-0.2, -0.15) is 5.26 Å². The lowest BCUT2D eigenvalue weighted by Gasteiger charge is -2.27. The highest BCUT2D eigenvalue weighted by Gasteiger charge is 2.26. The molecule has 0 saturated carbocycles. The van der Waals surface area contributed by atoms with Gasteiger partial charge in [-0.1, -0.05) is 0 Å². The Morgan fingerprint density at radius 2 is 1.86 bits per heavy atom. The van der Waals surface area contributed by atoms with Crippen molar-refractivity contribution in [3.63, 3.8) is 0 Å². The standard InChI is InChI=1S/C15H31N5O/c1-14(2,17)7-6-12(13(19-5)20-21)8-11(10-16)9-15(3,4)18/h11-12,21H,6-9,17-18H2,1-5H3,(H,19,20). The number of hydrogen-bond donors (Lipinski definition) is 4. The summed E-state index contributed by atoms with van der Waals surface area (Å²) in [6.45, 7) is 7.75. The van der Waals surface area contributed by atoms with Crippen LogP contribution in [0.1, 0.15) is 53.4 Å². The molecule has 0 aromatic heterocycles. The second kappa shape index (κ2) is 8.32. The zero-order valence-electron chi connectivity index (χ0n) is 14.0. The molecule has 0 aromatic rings. The monoisotopic (exact) mass is 297 g/mol. The Labute approximate surface area is 128 Å². The van der Waals surface area contributed by atoms with Gasteiger partial charge in [-0.3, -0.25) is 15.7 Å². The molecule has 6 heteroatoms. The van der Waals surface area contributed by atoms with E-state index in [1.165, 1.54) is 0 Å². The molecule has 0 fully saturated rings. The van der Waals surface area contributed by atoms with Crippen molar-refractivity contribution in [2.45, 2.75) is 64.5 Å². The Balaban J connectivity index is 4.92. The van der Waals surface area contributed by atoms with Crippen molar-refractivity contribution < 1.29 is 5.21 Å². The lowest BCUT2D eigenvalue weighted by Crippen LogP contribution is -2.38. The molecule has 2 unspecified atom stereocenters. The molecule has 0 amide bonds. The average molecular weight is 297 g/mol. The normalized spacial score (nSPS) is 16.2. The van der Waals surface area contributed by atoms with Crippen LogP contribution in [0.2, 0.25) is 0 Å². The lowest BCUT2D eigenvalue weighted by molar-refractivity contribution is 0.221. The van der Waals surface area contributed by atoms with E-state index >= 15 is 0 Å². The van der Waals surface area contributed by atoms with Crippen LogP contribution in [0.3, 0.4) is 0 Å². The van der Waals surface area contributed by atoms with Crippen LogP contribution in [-0.4, -0.2) is 29.2 Å². The number of aliphatic imine (C=N–C) groups is 1.